The Morgan fingerprint density at radius 1 is 1.11 bits per heavy atom. The number of hydrogen-bond donors (Lipinski definition) is 0. The van der Waals surface area contributed by atoms with E-state index in [0.29, 0.717) is 13.0 Å². The van der Waals surface area contributed by atoms with Crippen molar-refractivity contribution >= 4 is 11.8 Å². The van der Waals surface area contributed by atoms with Gasteiger partial charge in [0.05, 0.1) is 13.0 Å². The average Bonchev–Trinajstić information content (AvgIpc) is 2.59. The molecule has 0 aromatic carbocycles. The molecule has 0 radical (unpaired) electrons. The molecule has 1 aliphatic heterocycles. The summed E-state index contributed by atoms with van der Waals surface area (Å²) in [6.45, 7) is 0.707. The highest BCUT2D eigenvalue weighted by Gasteiger charge is 2.42. The second-order valence-corrected chi connectivity index (χ2v) is 4.27. The van der Waals surface area contributed by atoms with Crippen molar-refractivity contribution in [3.63, 3.8) is 0 Å². The summed E-state index contributed by atoms with van der Waals surface area (Å²) >= 11 is 0. The third kappa shape index (κ3) is 4.70. The summed E-state index contributed by atoms with van der Waals surface area (Å²) < 4.78 is 41.7. The van der Waals surface area contributed by atoms with E-state index in [4.69, 9.17) is 4.74 Å². The smallest absolute Gasteiger partial charge is 0.384 e. The van der Waals surface area contributed by atoms with E-state index in [2.05, 4.69) is 0 Å². The van der Waals surface area contributed by atoms with Crippen LogP contribution in [0.15, 0.2) is 0 Å². The number of alkyl halides is 3. The summed E-state index contributed by atoms with van der Waals surface area (Å²) in [5.74, 6) is -2.00. The van der Waals surface area contributed by atoms with Crippen LogP contribution < -0.4 is 0 Å². The first-order valence-corrected chi connectivity index (χ1v) is 5.99. The molecule has 0 N–H and O–H groups in total. The summed E-state index contributed by atoms with van der Waals surface area (Å²) in [6, 6.07) is 0. The Labute approximate surface area is 109 Å². The number of nitrogens with zero attached hydrogens (tertiary/aromatic N) is 2. The van der Waals surface area contributed by atoms with Gasteiger partial charge in [0.2, 0.25) is 5.91 Å². The van der Waals surface area contributed by atoms with Gasteiger partial charge >= 0.3 is 12.1 Å². The molecule has 0 aromatic rings. The zero-order valence-electron chi connectivity index (χ0n) is 10.7. The SMILES string of the molecule is COCCC(=O)N1CCCN(C(=O)C(F)(F)F)CC1. The second kappa shape index (κ2) is 6.74. The predicted octanol–water partition coefficient (Wildman–Crippen LogP) is 0.646. The van der Waals surface area contributed by atoms with Gasteiger partial charge in [-0.1, -0.05) is 0 Å². The normalized spacial score (nSPS) is 17.3. The number of carbonyl (C=O) groups excluding carboxylic acids is 2. The van der Waals surface area contributed by atoms with E-state index in [-0.39, 0.29) is 38.6 Å². The Balaban J connectivity index is 2.52. The van der Waals surface area contributed by atoms with Gasteiger partial charge in [0, 0.05) is 33.3 Å². The molecule has 19 heavy (non-hydrogen) atoms. The molecule has 0 aliphatic carbocycles. The van der Waals surface area contributed by atoms with Gasteiger partial charge in [-0.3, -0.25) is 9.59 Å². The lowest BCUT2D eigenvalue weighted by Crippen LogP contribution is -2.43. The zero-order valence-corrected chi connectivity index (χ0v) is 10.7. The molecule has 110 valence electrons. The van der Waals surface area contributed by atoms with Gasteiger partial charge in [0.1, 0.15) is 0 Å². The lowest BCUT2D eigenvalue weighted by atomic mass is 10.3. The Morgan fingerprint density at radius 3 is 2.26 bits per heavy atom. The first-order valence-electron chi connectivity index (χ1n) is 5.99. The van der Waals surface area contributed by atoms with Gasteiger partial charge in [-0.05, 0) is 6.42 Å². The molecule has 1 aliphatic rings. The lowest BCUT2D eigenvalue weighted by molar-refractivity contribution is -0.185. The molecule has 0 saturated carbocycles. The van der Waals surface area contributed by atoms with Crippen LogP contribution in [0.2, 0.25) is 0 Å². The monoisotopic (exact) mass is 282 g/mol. The molecule has 1 rings (SSSR count). The van der Waals surface area contributed by atoms with Crippen LogP contribution in [0.4, 0.5) is 13.2 Å². The average molecular weight is 282 g/mol. The minimum atomic E-state index is -4.85. The molecular weight excluding hydrogens is 265 g/mol. The number of rotatable bonds is 3. The van der Waals surface area contributed by atoms with Crippen LogP contribution in [0.1, 0.15) is 12.8 Å². The minimum Gasteiger partial charge on any atom is -0.384 e. The molecule has 2 amide bonds. The molecule has 0 atom stereocenters. The van der Waals surface area contributed by atoms with Gasteiger partial charge in [0.25, 0.3) is 0 Å². The van der Waals surface area contributed by atoms with Crippen molar-refractivity contribution < 1.29 is 27.5 Å². The quantitative estimate of drug-likeness (QED) is 0.763. The standard InChI is InChI=1S/C11H17F3N2O3/c1-19-8-3-9(17)15-4-2-5-16(7-6-15)10(18)11(12,13)14/h2-8H2,1H3. The molecule has 0 spiro atoms. The topological polar surface area (TPSA) is 49.9 Å². The van der Waals surface area contributed by atoms with Crippen molar-refractivity contribution in [2.75, 3.05) is 39.9 Å². The Kier molecular flexibility index (Phi) is 5.59. The highest BCUT2D eigenvalue weighted by atomic mass is 19.4. The third-order valence-corrected chi connectivity index (χ3v) is 2.90. The van der Waals surface area contributed by atoms with E-state index < -0.39 is 12.1 Å². The van der Waals surface area contributed by atoms with Crippen LogP contribution in [0, 0.1) is 0 Å². The first-order chi connectivity index (χ1) is 8.86. The molecule has 8 heteroatoms. The molecule has 1 fully saturated rings. The van der Waals surface area contributed by atoms with Gasteiger partial charge in [-0.25, -0.2) is 0 Å². The second-order valence-electron chi connectivity index (χ2n) is 4.27. The van der Waals surface area contributed by atoms with Crippen LogP contribution in [0.3, 0.4) is 0 Å². The summed E-state index contributed by atoms with van der Waals surface area (Å²) in [6.07, 6.45) is -4.31. The summed E-state index contributed by atoms with van der Waals surface area (Å²) in [7, 11) is 1.47. The van der Waals surface area contributed by atoms with E-state index in [1.54, 1.807) is 0 Å². The van der Waals surface area contributed by atoms with Crippen molar-refractivity contribution in [1.29, 1.82) is 0 Å². The number of hydrogen-bond acceptors (Lipinski definition) is 3. The molecule has 0 aromatic heterocycles. The van der Waals surface area contributed by atoms with Crippen molar-refractivity contribution in [2.24, 2.45) is 0 Å². The maximum atomic E-state index is 12.3. The third-order valence-electron chi connectivity index (χ3n) is 2.90. The maximum Gasteiger partial charge on any atom is 0.471 e. The molecule has 1 saturated heterocycles. The van der Waals surface area contributed by atoms with Gasteiger partial charge in [-0.2, -0.15) is 13.2 Å². The Bertz CT molecular complexity index is 334. The van der Waals surface area contributed by atoms with Crippen molar-refractivity contribution in [3.05, 3.63) is 0 Å². The number of amides is 2. The summed E-state index contributed by atoms with van der Waals surface area (Å²) in [5, 5.41) is 0. The van der Waals surface area contributed by atoms with Crippen molar-refractivity contribution in [1.82, 2.24) is 9.80 Å². The lowest BCUT2D eigenvalue weighted by Gasteiger charge is -2.22. The first kappa shape index (κ1) is 15.7. The molecule has 1 heterocycles. The molecule has 0 bridgehead atoms. The Hall–Kier alpha value is -1.31. The van der Waals surface area contributed by atoms with Crippen LogP contribution >= 0.6 is 0 Å². The molecular formula is C11H17F3N2O3. The van der Waals surface area contributed by atoms with E-state index in [1.807, 2.05) is 0 Å². The van der Waals surface area contributed by atoms with Crippen LogP contribution in [-0.2, 0) is 14.3 Å². The fourth-order valence-electron chi connectivity index (χ4n) is 1.90. The molecule has 0 unspecified atom stereocenters. The van der Waals surface area contributed by atoms with Crippen LogP contribution in [0.25, 0.3) is 0 Å². The van der Waals surface area contributed by atoms with Gasteiger partial charge in [-0.15, -0.1) is 0 Å². The van der Waals surface area contributed by atoms with E-state index in [9.17, 15) is 22.8 Å². The van der Waals surface area contributed by atoms with Gasteiger partial charge < -0.3 is 14.5 Å². The fraction of sp³-hybridized carbons (Fsp3) is 0.818. The van der Waals surface area contributed by atoms with E-state index >= 15 is 0 Å². The summed E-state index contributed by atoms with van der Waals surface area (Å²) in [5.41, 5.74) is 0. The minimum absolute atomic E-state index is 0.0202. The zero-order chi connectivity index (χ0) is 14.5. The number of ether oxygens (including phenoxy) is 1. The van der Waals surface area contributed by atoms with Crippen LogP contribution in [-0.4, -0.2) is 67.7 Å². The highest BCUT2D eigenvalue weighted by Crippen LogP contribution is 2.19. The number of halogens is 3. The fourth-order valence-corrected chi connectivity index (χ4v) is 1.90. The number of carbonyl (C=O) groups is 2. The van der Waals surface area contributed by atoms with E-state index in [0.717, 1.165) is 4.90 Å². The summed E-state index contributed by atoms with van der Waals surface area (Å²) in [4.78, 5) is 25.0. The molecule has 5 nitrogen and oxygen atoms in total. The van der Waals surface area contributed by atoms with E-state index in [1.165, 1.54) is 12.0 Å². The highest BCUT2D eigenvalue weighted by molar-refractivity contribution is 5.82. The van der Waals surface area contributed by atoms with Gasteiger partial charge in [0.15, 0.2) is 0 Å². The Morgan fingerprint density at radius 2 is 1.68 bits per heavy atom. The predicted molar refractivity (Wildman–Crippen MR) is 60.3 cm³/mol. The van der Waals surface area contributed by atoms with Crippen LogP contribution in [0.5, 0.6) is 0 Å². The largest absolute Gasteiger partial charge is 0.471 e. The maximum absolute atomic E-state index is 12.3. The number of methoxy groups -OCH3 is 1. The van der Waals surface area contributed by atoms with Crippen molar-refractivity contribution in [2.45, 2.75) is 19.0 Å². The van der Waals surface area contributed by atoms with Crippen molar-refractivity contribution in [3.8, 4) is 0 Å².